The number of furan rings is 1. The summed E-state index contributed by atoms with van der Waals surface area (Å²) in [5.41, 5.74) is -0.116. The van der Waals surface area contributed by atoms with Crippen LogP contribution in [0.2, 0.25) is 0 Å². The monoisotopic (exact) mass is 387 g/mol. The van der Waals surface area contributed by atoms with Crippen LogP contribution in [0.1, 0.15) is 37.4 Å². The SMILES string of the molecule is CCNC(=NCc1ccc2c(c1)OCCCO2)NCC(C)(O)c1ccc(C)o1. The average Bonchev–Trinajstić information content (AvgIpc) is 2.99. The number of guanidine groups is 1. The number of aliphatic imine (C=N–C) groups is 1. The van der Waals surface area contributed by atoms with Gasteiger partial charge in [-0.25, -0.2) is 4.99 Å². The molecule has 7 nitrogen and oxygen atoms in total. The molecule has 3 rings (SSSR count). The van der Waals surface area contributed by atoms with E-state index in [2.05, 4.69) is 15.6 Å². The second-order valence-corrected chi connectivity index (χ2v) is 7.06. The number of nitrogens with one attached hydrogen (secondary N) is 2. The second-order valence-electron chi connectivity index (χ2n) is 7.06. The Hall–Kier alpha value is -2.67. The lowest BCUT2D eigenvalue weighted by atomic mass is 10.0. The summed E-state index contributed by atoms with van der Waals surface area (Å²) in [6, 6.07) is 9.51. The number of hydrogen-bond donors (Lipinski definition) is 3. The average molecular weight is 387 g/mol. The molecule has 1 aromatic carbocycles. The first-order valence-corrected chi connectivity index (χ1v) is 9.68. The second kappa shape index (κ2) is 9.01. The number of aryl methyl sites for hydroxylation is 1. The molecule has 0 spiro atoms. The molecular formula is C21H29N3O4. The van der Waals surface area contributed by atoms with Crippen molar-refractivity contribution in [3.63, 3.8) is 0 Å². The first-order chi connectivity index (χ1) is 13.5. The maximum absolute atomic E-state index is 10.7. The quantitative estimate of drug-likeness (QED) is 0.522. The molecular weight excluding hydrogens is 358 g/mol. The van der Waals surface area contributed by atoms with E-state index < -0.39 is 5.60 Å². The van der Waals surface area contributed by atoms with Crippen LogP contribution in [0, 0.1) is 6.92 Å². The highest BCUT2D eigenvalue weighted by molar-refractivity contribution is 5.79. The molecule has 152 valence electrons. The molecule has 1 aliphatic rings. The highest BCUT2D eigenvalue weighted by Gasteiger charge is 2.27. The summed E-state index contributed by atoms with van der Waals surface area (Å²) in [5, 5.41) is 17.1. The zero-order valence-electron chi connectivity index (χ0n) is 16.7. The van der Waals surface area contributed by atoms with Gasteiger partial charge in [-0.05, 0) is 50.6 Å². The number of aliphatic hydroxyl groups is 1. The van der Waals surface area contributed by atoms with Crippen molar-refractivity contribution in [3.8, 4) is 11.5 Å². The molecule has 0 amide bonds. The fourth-order valence-corrected chi connectivity index (χ4v) is 2.89. The van der Waals surface area contributed by atoms with Crippen molar-refractivity contribution in [2.24, 2.45) is 4.99 Å². The van der Waals surface area contributed by atoms with Crippen LogP contribution in [-0.2, 0) is 12.1 Å². The van der Waals surface area contributed by atoms with Crippen molar-refractivity contribution in [2.75, 3.05) is 26.3 Å². The van der Waals surface area contributed by atoms with Gasteiger partial charge in [0, 0.05) is 13.0 Å². The van der Waals surface area contributed by atoms with Gasteiger partial charge in [0.15, 0.2) is 17.5 Å². The predicted octanol–water partition coefficient (Wildman–Crippen LogP) is 2.71. The Morgan fingerprint density at radius 3 is 2.64 bits per heavy atom. The van der Waals surface area contributed by atoms with Crippen LogP contribution < -0.4 is 20.1 Å². The molecule has 0 bridgehead atoms. The van der Waals surface area contributed by atoms with Gasteiger partial charge >= 0.3 is 0 Å². The maximum atomic E-state index is 10.7. The van der Waals surface area contributed by atoms with E-state index in [9.17, 15) is 5.11 Å². The lowest BCUT2D eigenvalue weighted by molar-refractivity contribution is 0.0378. The molecule has 0 aliphatic carbocycles. The summed E-state index contributed by atoms with van der Waals surface area (Å²) < 4.78 is 17.0. The highest BCUT2D eigenvalue weighted by Crippen LogP contribution is 2.30. The van der Waals surface area contributed by atoms with Crippen LogP contribution in [-0.4, -0.2) is 37.4 Å². The minimum atomic E-state index is -1.14. The van der Waals surface area contributed by atoms with Gasteiger partial charge in [0.05, 0.1) is 26.3 Å². The Kier molecular flexibility index (Phi) is 6.46. The number of benzene rings is 1. The van der Waals surface area contributed by atoms with Gasteiger partial charge in [-0.3, -0.25) is 0 Å². The summed E-state index contributed by atoms with van der Waals surface area (Å²) >= 11 is 0. The first kappa shape index (κ1) is 20.1. The fraction of sp³-hybridized carbons (Fsp3) is 0.476. The highest BCUT2D eigenvalue weighted by atomic mass is 16.5. The topological polar surface area (TPSA) is 88.3 Å². The number of rotatable bonds is 6. The minimum absolute atomic E-state index is 0.271. The molecule has 2 heterocycles. The molecule has 2 aromatic rings. The van der Waals surface area contributed by atoms with E-state index in [1.54, 1.807) is 13.0 Å². The van der Waals surface area contributed by atoms with Gasteiger partial charge in [-0.1, -0.05) is 6.07 Å². The molecule has 0 fully saturated rings. The van der Waals surface area contributed by atoms with Crippen LogP contribution in [0.4, 0.5) is 0 Å². The Bertz CT molecular complexity index is 814. The summed E-state index contributed by atoms with van der Waals surface area (Å²) in [6.45, 7) is 8.37. The van der Waals surface area contributed by atoms with Crippen molar-refractivity contribution in [1.29, 1.82) is 0 Å². The normalized spacial score (nSPS) is 16.2. The van der Waals surface area contributed by atoms with Crippen LogP contribution in [0.3, 0.4) is 0 Å². The molecule has 1 atom stereocenters. The van der Waals surface area contributed by atoms with Crippen LogP contribution in [0.5, 0.6) is 11.5 Å². The Labute approximate surface area is 165 Å². The molecule has 1 aromatic heterocycles. The molecule has 3 N–H and O–H groups in total. The zero-order chi connectivity index (χ0) is 20.0. The Morgan fingerprint density at radius 1 is 1.14 bits per heavy atom. The van der Waals surface area contributed by atoms with E-state index in [4.69, 9.17) is 13.9 Å². The van der Waals surface area contributed by atoms with E-state index in [-0.39, 0.29) is 6.54 Å². The summed E-state index contributed by atoms with van der Waals surface area (Å²) in [5.74, 6) is 3.46. The number of hydrogen-bond acceptors (Lipinski definition) is 5. The molecule has 1 aliphatic heterocycles. The third kappa shape index (κ3) is 5.19. The van der Waals surface area contributed by atoms with Gasteiger partial charge in [0.1, 0.15) is 17.1 Å². The summed E-state index contributed by atoms with van der Waals surface area (Å²) in [6.07, 6.45) is 0.881. The maximum Gasteiger partial charge on any atom is 0.191 e. The van der Waals surface area contributed by atoms with E-state index in [1.807, 2.05) is 38.1 Å². The number of fused-ring (bicyclic) bond motifs is 1. The van der Waals surface area contributed by atoms with Crippen molar-refractivity contribution in [1.82, 2.24) is 10.6 Å². The standard InChI is InChI=1S/C21H29N3O4/c1-4-22-20(24-14-21(3,25)19-9-6-15(2)28-19)23-13-16-7-8-17-18(12-16)27-11-5-10-26-17/h6-9,12,25H,4-5,10-11,13-14H2,1-3H3,(H2,22,23,24). The number of nitrogens with zero attached hydrogens (tertiary/aromatic N) is 1. The van der Waals surface area contributed by atoms with Crippen LogP contribution >= 0.6 is 0 Å². The number of ether oxygens (including phenoxy) is 2. The van der Waals surface area contributed by atoms with E-state index in [1.165, 1.54) is 0 Å². The molecule has 7 heteroatoms. The lowest BCUT2D eigenvalue weighted by Crippen LogP contribution is -2.44. The summed E-state index contributed by atoms with van der Waals surface area (Å²) in [7, 11) is 0. The van der Waals surface area contributed by atoms with Crippen molar-refractivity contribution in [2.45, 2.75) is 39.3 Å². The molecule has 28 heavy (non-hydrogen) atoms. The smallest absolute Gasteiger partial charge is 0.191 e. The summed E-state index contributed by atoms with van der Waals surface area (Å²) in [4.78, 5) is 4.61. The van der Waals surface area contributed by atoms with Gasteiger partial charge in [-0.15, -0.1) is 0 Å². The van der Waals surface area contributed by atoms with Gasteiger partial charge < -0.3 is 29.6 Å². The van der Waals surface area contributed by atoms with Gasteiger partial charge in [0.25, 0.3) is 0 Å². The van der Waals surface area contributed by atoms with Crippen molar-refractivity contribution >= 4 is 5.96 Å². The van der Waals surface area contributed by atoms with E-state index in [0.29, 0.717) is 31.5 Å². The van der Waals surface area contributed by atoms with Gasteiger partial charge in [-0.2, -0.15) is 0 Å². The molecule has 0 saturated heterocycles. The minimum Gasteiger partial charge on any atom is -0.490 e. The van der Waals surface area contributed by atoms with Crippen molar-refractivity contribution in [3.05, 3.63) is 47.4 Å². The molecule has 0 saturated carbocycles. The zero-order valence-corrected chi connectivity index (χ0v) is 16.7. The Balaban J connectivity index is 1.65. The van der Waals surface area contributed by atoms with Crippen LogP contribution in [0.25, 0.3) is 0 Å². The molecule has 0 radical (unpaired) electrons. The third-order valence-corrected chi connectivity index (χ3v) is 4.45. The van der Waals surface area contributed by atoms with Crippen LogP contribution in [0.15, 0.2) is 39.7 Å². The van der Waals surface area contributed by atoms with E-state index in [0.717, 1.165) is 35.8 Å². The van der Waals surface area contributed by atoms with Crippen molar-refractivity contribution < 1.29 is 19.0 Å². The lowest BCUT2D eigenvalue weighted by Gasteiger charge is -2.22. The predicted molar refractivity (Wildman–Crippen MR) is 108 cm³/mol. The molecule has 1 unspecified atom stereocenters. The largest absolute Gasteiger partial charge is 0.490 e. The Morgan fingerprint density at radius 2 is 1.93 bits per heavy atom. The first-order valence-electron chi connectivity index (χ1n) is 9.68. The van der Waals surface area contributed by atoms with Gasteiger partial charge in [0.2, 0.25) is 0 Å². The third-order valence-electron chi connectivity index (χ3n) is 4.45. The fourth-order valence-electron chi connectivity index (χ4n) is 2.89. The van der Waals surface area contributed by atoms with E-state index >= 15 is 0 Å².